The van der Waals surface area contributed by atoms with E-state index in [0.29, 0.717) is 13.1 Å². The van der Waals surface area contributed by atoms with E-state index in [1.165, 1.54) is 206 Å². The van der Waals surface area contributed by atoms with Gasteiger partial charge in [0, 0.05) is 13.1 Å². The molecule has 8 N–H and O–H groups in total. The van der Waals surface area contributed by atoms with E-state index in [2.05, 4.69) is 57.9 Å². The van der Waals surface area contributed by atoms with E-state index in [-0.39, 0.29) is 11.9 Å². The minimum absolute atomic E-state index is 0.201. The molecule has 0 amide bonds. The van der Waals surface area contributed by atoms with Crippen LogP contribution in [0.3, 0.4) is 0 Å². The standard InChI is InChI=1S/C48H98N8/c1-3-5-7-9-11-13-15-17-19-21-23-25-27-29-31-33-41-55(45-37-39-53-47(49)50)43-35-36-44-56(46-38-40-54-48(51)52)42-34-32-30-28-26-24-22-20-18-16-14-12-10-8-6-4-2/h17-20H,3-16,21-46H2,1-2H3,(H4,49,50,53)(H4,51,52,54)/b19-17+,20-18+. The van der Waals surface area contributed by atoms with Gasteiger partial charge in [0.05, 0.1) is 0 Å². The van der Waals surface area contributed by atoms with Crippen LogP contribution in [-0.2, 0) is 0 Å². The second-order valence-corrected chi connectivity index (χ2v) is 16.6. The summed E-state index contributed by atoms with van der Waals surface area (Å²) in [5, 5.41) is 0. The van der Waals surface area contributed by atoms with Gasteiger partial charge in [0.2, 0.25) is 0 Å². The van der Waals surface area contributed by atoms with Gasteiger partial charge in [-0.05, 0) is 129 Å². The maximum Gasteiger partial charge on any atom is 0.185 e. The van der Waals surface area contributed by atoms with Crippen molar-refractivity contribution in [1.29, 1.82) is 0 Å². The summed E-state index contributed by atoms with van der Waals surface area (Å²) in [6, 6.07) is 0. The van der Waals surface area contributed by atoms with Crippen molar-refractivity contribution in [3.05, 3.63) is 24.3 Å². The number of rotatable bonds is 45. The molecule has 8 nitrogen and oxygen atoms in total. The zero-order chi connectivity index (χ0) is 40.8. The Morgan fingerprint density at radius 3 is 0.839 bits per heavy atom. The number of hydrogen-bond acceptors (Lipinski definition) is 4. The lowest BCUT2D eigenvalue weighted by Crippen LogP contribution is -2.31. The van der Waals surface area contributed by atoms with Gasteiger partial charge in [-0.3, -0.25) is 9.98 Å². The molecule has 0 rings (SSSR count). The van der Waals surface area contributed by atoms with Gasteiger partial charge in [-0.2, -0.15) is 0 Å². The Morgan fingerprint density at radius 1 is 0.321 bits per heavy atom. The minimum Gasteiger partial charge on any atom is -0.370 e. The van der Waals surface area contributed by atoms with Crippen LogP contribution < -0.4 is 22.9 Å². The molecule has 0 aromatic heterocycles. The molecule has 0 bridgehead atoms. The van der Waals surface area contributed by atoms with Crippen LogP contribution in [0.1, 0.15) is 219 Å². The van der Waals surface area contributed by atoms with Crippen molar-refractivity contribution in [3.63, 3.8) is 0 Å². The van der Waals surface area contributed by atoms with Crippen LogP contribution in [0.15, 0.2) is 34.3 Å². The van der Waals surface area contributed by atoms with E-state index in [0.717, 1.165) is 39.0 Å². The third kappa shape index (κ3) is 44.7. The summed E-state index contributed by atoms with van der Waals surface area (Å²) >= 11 is 0. The molecule has 0 spiro atoms. The molecule has 0 radical (unpaired) electrons. The first-order valence-corrected chi connectivity index (χ1v) is 24.3. The fourth-order valence-electron chi connectivity index (χ4n) is 7.51. The van der Waals surface area contributed by atoms with Crippen LogP contribution in [0.25, 0.3) is 0 Å². The summed E-state index contributed by atoms with van der Waals surface area (Å²) in [7, 11) is 0. The van der Waals surface area contributed by atoms with Gasteiger partial charge in [-0.1, -0.05) is 154 Å². The molecule has 0 heterocycles. The fraction of sp³-hybridized carbons (Fsp3) is 0.875. The van der Waals surface area contributed by atoms with Crippen molar-refractivity contribution < 1.29 is 0 Å². The molecular formula is C48H98N8. The number of aliphatic imine (C=N–C) groups is 2. The van der Waals surface area contributed by atoms with Crippen molar-refractivity contribution in [2.75, 3.05) is 52.4 Å². The number of nitrogens with two attached hydrogens (primary N) is 4. The molecule has 0 fully saturated rings. The lowest BCUT2D eigenvalue weighted by atomic mass is 10.1. The largest absolute Gasteiger partial charge is 0.370 e. The summed E-state index contributed by atoms with van der Waals surface area (Å²) in [5.41, 5.74) is 22.3. The van der Waals surface area contributed by atoms with Crippen LogP contribution in [0.5, 0.6) is 0 Å². The van der Waals surface area contributed by atoms with Gasteiger partial charge < -0.3 is 32.7 Å². The van der Waals surface area contributed by atoms with Gasteiger partial charge in [0.1, 0.15) is 0 Å². The first kappa shape index (κ1) is 53.9. The third-order valence-corrected chi connectivity index (χ3v) is 11.0. The Balaban J connectivity index is 4.33. The van der Waals surface area contributed by atoms with Crippen molar-refractivity contribution in [1.82, 2.24) is 9.80 Å². The van der Waals surface area contributed by atoms with E-state index in [9.17, 15) is 0 Å². The highest BCUT2D eigenvalue weighted by molar-refractivity contribution is 5.75. The molecule has 330 valence electrons. The molecule has 0 saturated carbocycles. The summed E-state index contributed by atoms with van der Waals surface area (Å²) in [4.78, 5) is 13.8. The average Bonchev–Trinajstić information content (AvgIpc) is 3.18. The molecular weight excluding hydrogens is 689 g/mol. The molecule has 0 aliphatic rings. The number of guanidine groups is 2. The van der Waals surface area contributed by atoms with Gasteiger partial charge in [0.25, 0.3) is 0 Å². The predicted molar refractivity (Wildman–Crippen MR) is 252 cm³/mol. The summed E-state index contributed by atoms with van der Waals surface area (Å²) < 4.78 is 0. The van der Waals surface area contributed by atoms with Crippen molar-refractivity contribution in [2.45, 2.75) is 219 Å². The summed E-state index contributed by atoms with van der Waals surface area (Å²) in [6.45, 7) is 12.8. The SMILES string of the molecule is CCCCCCCC/C=C/CCCCCCCCN(CCCCN(CCCCCCCC/C=C/CCCCCCCC)CCCN=C(N)N)CCCN=C(N)N. The molecule has 56 heavy (non-hydrogen) atoms. The second kappa shape index (κ2) is 45.6. The average molecular weight is 787 g/mol. The number of allylic oxidation sites excluding steroid dienone is 4. The number of hydrogen-bond donors (Lipinski definition) is 4. The number of unbranched alkanes of at least 4 members (excludes halogenated alkanes) is 25. The topological polar surface area (TPSA) is 135 Å². The number of nitrogens with zero attached hydrogens (tertiary/aromatic N) is 4. The van der Waals surface area contributed by atoms with E-state index in [1.54, 1.807) is 0 Å². The Kier molecular flexibility index (Phi) is 44.0. The van der Waals surface area contributed by atoms with Crippen molar-refractivity contribution in [2.24, 2.45) is 32.9 Å². The Labute approximate surface area is 349 Å². The lowest BCUT2D eigenvalue weighted by molar-refractivity contribution is 0.233. The monoisotopic (exact) mass is 787 g/mol. The summed E-state index contributed by atoms with van der Waals surface area (Å²) in [5.74, 6) is 0.401. The molecule has 0 aliphatic carbocycles. The van der Waals surface area contributed by atoms with Crippen LogP contribution in [0.4, 0.5) is 0 Å². The van der Waals surface area contributed by atoms with Gasteiger partial charge >= 0.3 is 0 Å². The maximum absolute atomic E-state index is 5.59. The lowest BCUT2D eigenvalue weighted by Gasteiger charge is -2.24. The second-order valence-electron chi connectivity index (χ2n) is 16.6. The van der Waals surface area contributed by atoms with Crippen LogP contribution in [0.2, 0.25) is 0 Å². The first-order valence-electron chi connectivity index (χ1n) is 24.3. The minimum atomic E-state index is 0.201. The van der Waals surface area contributed by atoms with Crippen LogP contribution in [-0.4, -0.2) is 74.1 Å². The fourth-order valence-corrected chi connectivity index (χ4v) is 7.51. The Morgan fingerprint density at radius 2 is 0.554 bits per heavy atom. The molecule has 0 saturated heterocycles. The van der Waals surface area contributed by atoms with E-state index in [4.69, 9.17) is 22.9 Å². The highest BCUT2D eigenvalue weighted by atomic mass is 15.1. The normalized spacial score (nSPS) is 11.9. The molecule has 0 aliphatic heterocycles. The Hall–Kier alpha value is -2.06. The zero-order valence-electron chi connectivity index (χ0n) is 37.7. The van der Waals surface area contributed by atoms with Gasteiger partial charge in [-0.15, -0.1) is 0 Å². The molecule has 0 atom stereocenters. The van der Waals surface area contributed by atoms with Gasteiger partial charge in [-0.25, -0.2) is 0 Å². The van der Waals surface area contributed by atoms with E-state index >= 15 is 0 Å². The third-order valence-electron chi connectivity index (χ3n) is 11.0. The zero-order valence-corrected chi connectivity index (χ0v) is 37.7. The van der Waals surface area contributed by atoms with Crippen molar-refractivity contribution in [3.8, 4) is 0 Å². The molecule has 0 unspecified atom stereocenters. The smallest absolute Gasteiger partial charge is 0.185 e. The Bertz CT molecular complexity index is 822. The van der Waals surface area contributed by atoms with Crippen molar-refractivity contribution >= 4 is 11.9 Å². The molecule has 0 aromatic carbocycles. The molecule has 0 aromatic rings. The van der Waals surface area contributed by atoms with Gasteiger partial charge in [0.15, 0.2) is 11.9 Å². The molecule has 8 heteroatoms. The highest BCUT2D eigenvalue weighted by Crippen LogP contribution is 2.13. The van der Waals surface area contributed by atoms with Crippen LogP contribution in [0, 0.1) is 0 Å². The maximum atomic E-state index is 5.59. The quantitative estimate of drug-likeness (QED) is 0.0210. The van der Waals surface area contributed by atoms with E-state index in [1.807, 2.05) is 0 Å². The predicted octanol–water partition coefficient (Wildman–Crippen LogP) is 11.8. The highest BCUT2D eigenvalue weighted by Gasteiger charge is 2.08. The first-order chi connectivity index (χ1) is 27.5. The summed E-state index contributed by atoms with van der Waals surface area (Å²) in [6.07, 6.45) is 52.0. The van der Waals surface area contributed by atoms with Crippen LogP contribution >= 0.6 is 0 Å². The van der Waals surface area contributed by atoms with E-state index < -0.39 is 0 Å².